The molecule has 0 atom stereocenters. The third-order valence-electron chi connectivity index (χ3n) is 7.66. The van der Waals surface area contributed by atoms with E-state index in [4.69, 9.17) is 0 Å². The van der Waals surface area contributed by atoms with Crippen LogP contribution in [-0.4, -0.2) is 9.55 Å². The van der Waals surface area contributed by atoms with Crippen LogP contribution in [-0.2, 0) is 0 Å². The number of rotatable bonds is 2. The average molecular weight is 471 g/mol. The summed E-state index contributed by atoms with van der Waals surface area (Å²) in [5.74, 6) is 0. The van der Waals surface area contributed by atoms with Gasteiger partial charge in [-0.15, -0.1) is 0 Å². The van der Waals surface area contributed by atoms with E-state index in [9.17, 15) is 0 Å². The van der Waals surface area contributed by atoms with Crippen LogP contribution >= 0.6 is 0 Å². The van der Waals surface area contributed by atoms with Crippen LogP contribution in [0.25, 0.3) is 70.9 Å². The van der Waals surface area contributed by atoms with Crippen LogP contribution in [0, 0.1) is 0 Å². The molecule has 2 heterocycles. The fourth-order valence-corrected chi connectivity index (χ4v) is 6.06. The van der Waals surface area contributed by atoms with Gasteiger partial charge in [-0.3, -0.25) is 4.98 Å². The second kappa shape index (κ2) is 7.78. The monoisotopic (exact) mass is 470 g/mol. The van der Waals surface area contributed by atoms with Gasteiger partial charge < -0.3 is 4.57 Å². The summed E-state index contributed by atoms with van der Waals surface area (Å²) in [7, 11) is 0. The molecule has 0 amide bonds. The number of hydrogen-bond acceptors (Lipinski definition) is 1. The van der Waals surface area contributed by atoms with E-state index in [2.05, 4.69) is 131 Å². The maximum atomic E-state index is 4.17. The van der Waals surface area contributed by atoms with E-state index in [-0.39, 0.29) is 0 Å². The predicted octanol–water partition coefficient (Wildman–Crippen LogP) is 9.31. The number of fused-ring (bicyclic) bond motifs is 10. The van der Waals surface area contributed by atoms with Crippen molar-refractivity contribution in [3.8, 4) is 16.8 Å². The van der Waals surface area contributed by atoms with Crippen molar-refractivity contribution in [3.63, 3.8) is 0 Å². The van der Waals surface area contributed by atoms with Gasteiger partial charge in [-0.2, -0.15) is 0 Å². The van der Waals surface area contributed by atoms with Crippen LogP contribution in [0.15, 0.2) is 134 Å². The molecule has 0 saturated heterocycles. The van der Waals surface area contributed by atoms with Gasteiger partial charge in [-0.25, -0.2) is 0 Å². The molecule has 0 aliphatic carbocycles. The van der Waals surface area contributed by atoms with Crippen LogP contribution in [0.3, 0.4) is 0 Å². The van der Waals surface area contributed by atoms with Gasteiger partial charge in [-0.1, -0.05) is 91.0 Å². The molecule has 0 N–H and O–H groups in total. The average Bonchev–Trinajstić information content (AvgIpc) is 3.33. The zero-order chi connectivity index (χ0) is 24.3. The van der Waals surface area contributed by atoms with Crippen molar-refractivity contribution < 1.29 is 0 Å². The molecule has 8 rings (SSSR count). The largest absolute Gasteiger partial charge is 0.309 e. The first-order valence-electron chi connectivity index (χ1n) is 12.6. The Morgan fingerprint density at radius 1 is 0.432 bits per heavy atom. The lowest BCUT2D eigenvalue weighted by atomic mass is 9.93. The molecule has 37 heavy (non-hydrogen) atoms. The van der Waals surface area contributed by atoms with Gasteiger partial charge in [0, 0.05) is 34.2 Å². The number of nitrogens with zero attached hydrogens (tertiary/aromatic N) is 2. The molecule has 0 aliphatic heterocycles. The first-order chi connectivity index (χ1) is 18.4. The highest BCUT2D eigenvalue weighted by Gasteiger charge is 2.19. The van der Waals surface area contributed by atoms with Crippen LogP contribution < -0.4 is 0 Å². The van der Waals surface area contributed by atoms with Crippen molar-refractivity contribution in [1.29, 1.82) is 0 Å². The number of aromatic nitrogens is 2. The summed E-state index contributed by atoms with van der Waals surface area (Å²) in [6, 6.07) is 44.0. The molecule has 0 bridgehead atoms. The summed E-state index contributed by atoms with van der Waals surface area (Å²) in [6.45, 7) is 0. The fourth-order valence-electron chi connectivity index (χ4n) is 6.06. The van der Waals surface area contributed by atoms with Crippen LogP contribution in [0.2, 0.25) is 0 Å². The molecular weight excluding hydrogens is 448 g/mol. The Balaban J connectivity index is 1.56. The molecule has 172 valence electrons. The van der Waals surface area contributed by atoms with Gasteiger partial charge in [0.15, 0.2) is 0 Å². The normalized spacial score (nSPS) is 11.8. The fraction of sp³-hybridized carbons (Fsp3) is 0. The molecule has 2 nitrogen and oxygen atoms in total. The minimum absolute atomic E-state index is 1.16. The van der Waals surface area contributed by atoms with Gasteiger partial charge >= 0.3 is 0 Å². The van der Waals surface area contributed by atoms with Gasteiger partial charge in [0.1, 0.15) is 0 Å². The molecule has 0 spiro atoms. The zero-order valence-electron chi connectivity index (χ0n) is 20.1. The maximum Gasteiger partial charge on any atom is 0.0626 e. The molecule has 0 aliphatic rings. The molecular formula is C35H22N2. The van der Waals surface area contributed by atoms with Crippen molar-refractivity contribution in [2.75, 3.05) is 0 Å². The molecule has 2 heteroatoms. The van der Waals surface area contributed by atoms with Crippen molar-refractivity contribution >= 4 is 54.1 Å². The van der Waals surface area contributed by atoms with E-state index in [1.807, 2.05) is 12.4 Å². The van der Waals surface area contributed by atoms with E-state index in [0.717, 1.165) is 5.69 Å². The van der Waals surface area contributed by atoms with Crippen LogP contribution in [0.1, 0.15) is 0 Å². The summed E-state index contributed by atoms with van der Waals surface area (Å²) in [4.78, 5) is 4.17. The number of pyridine rings is 1. The van der Waals surface area contributed by atoms with Crippen molar-refractivity contribution in [2.24, 2.45) is 0 Å². The van der Waals surface area contributed by atoms with Crippen molar-refractivity contribution in [3.05, 3.63) is 134 Å². The topological polar surface area (TPSA) is 17.8 Å². The second-order valence-electron chi connectivity index (χ2n) is 9.61. The van der Waals surface area contributed by atoms with E-state index in [1.54, 1.807) is 0 Å². The highest BCUT2D eigenvalue weighted by Crippen LogP contribution is 2.44. The number of benzene rings is 6. The van der Waals surface area contributed by atoms with Gasteiger partial charge in [-0.05, 0) is 68.4 Å². The molecule has 8 aromatic rings. The van der Waals surface area contributed by atoms with E-state index in [1.165, 1.54) is 65.3 Å². The number of hydrogen-bond donors (Lipinski definition) is 0. The molecule has 0 fully saturated rings. The lowest BCUT2D eigenvalue weighted by Crippen LogP contribution is -1.95. The molecule has 0 radical (unpaired) electrons. The molecule has 2 aromatic heterocycles. The Labute approximate surface area is 214 Å². The highest BCUT2D eigenvalue weighted by atomic mass is 15.0. The summed E-state index contributed by atoms with van der Waals surface area (Å²) in [5.41, 5.74) is 6.01. The van der Waals surface area contributed by atoms with E-state index < -0.39 is 0 Å². The van der Waals surface area contributed by atoms with Gasteiger partial charge in [0.05, 0.1) is 11.0 Å². The minimum Gasteiger partial charge on any atom is -0.309 e. The standard InChI is InChI=1S/C35H22N2/c1-2-8-27-25(7-1)15-18-31-33(27)28-9-3-4-10-29(28)34-30-11-5-6-12-32(30)37(35(31)34)26-16-13-23(14-17-26)24-19-21-36-22-20-24/h1-22H. The smallest absolute Gasteiger partial charge is 0.0626 e. The van der Waals surface area contributed by atoms with E-state index >= 15 is 0 Å². The minimum atomic E-state index is 1.16. The summed E-state index contributed by atoms with van der Waals surface area (Å²) < 4.78 is 2.45. The summed E-state index contributed by atoms with van der Waals surface area (Å²) >= 11 is 0. The Bertz CT molecular complexity index is 2120. The predicted molar refractivity (Wildman–Crippen MR) is 157 cm³/mol. The quantitative estimate of drug-likeness (QED) is 0.230. The van der Waals surface area contributed by atoms with Crippen molar-refractivity contribution in [2.45, 2.75) is 0 Å². The van der Waals surface area contributed by atoms with E-state index in [0.29, 0.717) is 0 Å². The third kappa shape index (κ3) is 2.90. The first kappa shape index (κ1) is 20.3. The first-order valence-corrected chi connectivity index (χ1v) is 12.6. The zero-order valence-corrected chi connectivity index (χ0v) is 20.1. The van der Waals surface area contributed by atoms with Crippen LogP contribution in [0.4, 0.5) is 0 Å². The molecule has 6 aromatic carbocycles. The molecule has 0 unspecified atom stereocenters. The van der Waals surface area contributed by atoms with Crippen molar-refractivity contribution in [1.82, 2.24) is 9.55 Å². The number of para-hydroxylation sites is 1. The highest BCUT2D eigenvalue weighted by molar-refractivity contribution is 6.35. The lowest BCUT2D eigenvalue weighted by Gasteiger charge is -2.14. The Hall–Kier alpha value is -4.95. The summed E-state index contributed by atoms with van der Waals surface area (Å²) in [5, 5.41) is 10.4. The SMILES string of the molecule is c1ccc2c(c1)ccc1c2c2ccccc2c2c3ccccc3n(-c3ccc(-c4ccncc4)cc3)c12. The third-order valence-corrected chi connectivity index (χ3v) is 7.66. The Kier molecular flexibility index (Phi) is 4.26. The summed E-state index contributed by atoms with van der Waals surface area (Å²) in [6.07, 6.45) is 3.69. The maximum absolute atomic E-state index is 4.17. The Morgan fingerprint density at radius 3 is 1.84 bits per heavy atom. The van der Waals surface area contributed by atoms with Gasteiger partial charge in [0.2, 0.25) is 0 Å². The van der Waals surface area contributed by atoms with Crippen LogP contribution in [0.5, 0.6) is 0 Å². The molecule has 0 saturated carbocycles. The van der Waals surface area contributed by atoms with Gasteiger partial charge in [0.25, 0.3) is 0 Å². The second-order valence-corrected chi connectivity index (χ2v) is 9.61. The Morgan fingerprint density at radius 2 is 1.05 bits per heavy atom. The lowest BCUT2D eigenvalue weighted by molar-refractivity contribution is 1.19.